The minimum absolute atomic E-state index is 0.165. The molecule has 1 saturated heterocycles. The number of hydrogen-bond acceptors (Lipinski definition) is 3. The lowest BCUT2D eigenvalue weighted by molar-refractivity contribution is -0.143. The molecule has 2 aromatic carbocycles. The molecular weight excluding hydrogens is 398 g/mol. The normalized spacial score (nSPS) is 23.3. The van der Waals surface area contributed by atoms with Crippen molar-refractivity contribution in [1.29, 1.82) is 0 Å². The largest absolute Gasteiger partial charge is 0.490 e. The molecule has 4 nitrogen and oxygen atoms in total. The van der Waals surface area contributed by atoms with Crippen LogP contribution in [0.15, 0.2) is 36.4 Å². The number of rotatable bonds is 6. The maximum absolute atomic E-state index is 11.2. The van der Waals surface area contributed by atoms with E-state index in [1.165, 1.54) is 29.2 Å². The zero-order valence-electron chi connectivity index (χ0n) is 20.0. The highest BCUT2D eigenvalue weighted by atomic mass is 16.5. The van der Waals surface area contributed by atoms with Gasteiger partial charge in [-0.1, -0.05) is 51.1 Å². The van der Waals surface area contributed by atoms with Gasteiger partial charge >= 0.3 is 5.97 Å². The number of carboxylic acid groups (broad SMARTS) is 1. The highest BCUT2D eigenvalue weighted by Crippen LogP contribution is 2.39. The van der Waals surface area contributed by atoms with E-state index in [9.17, 15) is 9.90 Å². The number of carbonyl (C=O) groups is 1. The molecule has 1 N–H and O–H groups in total. The minimum Gasteiger partial charge on any atom is -0.490 e. The zero-order valence-corrected chi connectivity index (χ0v) is 20.0. The maximum atomic E-state index is 11.2. The van der Waals surface area contributed by atoms with E-state index in [1.54, 1.807) is 0 Å². The van der Waals surface area contributed by atoms with Gasteiger partial charge in [0.25, 0.3) is 0 Å². The van der Waals surface area contributed by atoms with E-state index in [1.807, 2.05) is 0 Å². The highest BCUT2D eigenvalue weighted by molar-refractivity contribution is 5.91. The second-order valence-electron chi connectivity index (χ2n) is 10.9. The molecule has 2 fully saturated rings. The Morgan fingerprint density at radius 2 is 1.62 bits per heavy atom. The zero-order chi connectivity index (χ0) is 22.7. The van der Waals surface area contributed by atoms with Gasteiger partial charge in [-0.3, -0.25) is 4.79 Å². The van der Waals surface area contributed by atoms with Gasteiger partial charge < -0.3 is 14.7 Å². The van der Waals surface area contributed by atoms with Gasteiger partial charge in [-0.25, -0.2) is 0 Å². The molecule has 2 aromatic rings. The molecule has 32 heavy (non-hydrogen) atoms. The second-order valence-corrected chi connectivity index (χ2v) is 10.9. The summed E-state index contributed by atoms with van der Waals surface area (Å²) in [4.78, 5) is 13.6. The van der Waals surface area contributed by atoms with Crippen molar-refractivity contribution in [3.8, 4) is 5.75 Å². The van der Waals surface area contributed by atoms with E-state index in [0.717, 1.165) is 63.4 Å². The van der Waals surface area contributed by atoms with E-state index in [2.05, 4.69) is 62.1 Å². The number of carboxylic acids is 1. The Labute approximate surface area is 192 Å². The summed E-state index contributed by atoms with van der Waals surface area (Å²) < 4.78 is 6.55. The number of benzene rings is 2. The van der Waals surface area contributed by atoms with Crippen molar-refractivity contribution < 1.29 is 14.6 Å². The van der Waals surface area contributed by atoms with Crippen LogP contribution in [0.1, 0.15) is 64.9 Å². The fraction of sp³-hybridized carbons (Fsp3) is 0.607. The highest BCUT2D eigenvalue weighted by Gasteiger charge is 2.30. The van der Waals surface area contributed by atoms with E-state index >= 15 is 0 Å². The summed E-state index contributed by atoms with van der Waals surface area (Å²) in [5.41, 5.74) is 1.74. The van der Waals surface area contributed by atoms with Crippen LogP contribution in [0.5, 0.6) is 5.75 Å². The molecule has 1 aliphatic heterocycles. The summed E-state index contributed by atoms with van der Waals surface area (Å²) >= 11 is 0. The van der Waals surface area contributed by atoms with Crippen molar-refractivity contribution in [2.45, 2.75) is 71.8 Å². The van der Waals surface area contributed by atoms with Gasteiger partial charge in [0, 0.05) is 11.9 Å². The molecule has 0 amide bonds. The van der Waals surface area contributed by atoms with Gasteiger partial charge in [0.2, 0.25) is 0 Å². The van der Waals surface area contributed by atoms with Crippen LogP contribution < -0.4 is 4.74 Å². The van der Waals surface area contributed by atoms with Crippen LogP contribution in [0.2, 0.25) is 0 Å². The van der Waals surface area contributed by atoms with Crippen molar-refractivity contribution >= 4 is 16.7 Å². The second kappa shape index (κ2) is 9.82. The van der Waals surface area contributed by atoms with E-state index < -0.39 is 5.97 Å². The molecule has 0 spiro atoms. The number of aliphatic carboxylic acids is 1. The maximum Gasteiger partial charge on any atom is 0.306 e. The van der Waals surface area contributed by atoms with E-state index in [-0.39, 0.29) is 5.92 Å². The molecular formula is C28H39NO3. The van der Waals surface area contributed by atoms with Crippen molar-refractivity contribution in [2.75, 3.05) is 19.6 Å². The van der Waals surface area contributed by atoms with Gasteiger partial charge in [-0.2, -0.15) is 0 Å². The van der Waals surface area contributed by atoms with Crippen LogP contribution >= 0.6 is 0 Å². The number of nitrogens with zero attached hydrogens (tertiary/aromatic N) is 1. The number of ether oxygens (including phenoxy) is 1. The molecule has 0 bridgehead atoms. The fourth-order valence-electron chi connectivity index (χ4n) is 5.58. The van der Waals surface area contributed by atoms with Gasteiger partial charge in [-0.05, 0) is 86.4 Å². The lowest BCUT2D eigenvalue weighted by Gasteiger charge is -2.37. The molecule has 2 aliphatic rings. The molecule has 1 heterocycles. The standard InChI is InChI=1S/C28H39NO3/c1-28(2,3)22-10-12-23(13-11-22)32-26-9-5-7-24-20(6-4-8-25(24)26)14-17-29-18-15-21(16-19-29)27(30)31/h4-9,21-23H,10-19H2,1-3H3,(H,30,31). The number of likely N-dealkylation sites (tertiary alicyclic amines) is 1. The SMILES string of the molecule is CC(C)(C)C1CCC(Oc2cccc3c(CCN4CCC(C(=O)O)CC4)cccc23)CC1. The van der Waals surface area contributed by atoms with Gasteiger partial charge in [0.15, 0.2) is 0 Å². The monoisotopic (exact) mass is 437 g/mol. The Hall–Kier alpha value is -2.07. The van der Waals surface area contributed by atoms with E-state index in [0.29, 0.717) is 11.5 Å². The molecule has 1 saturated carbocycles. The number of hydrogen-bond donors (Lipinski definition) is 1. The Morgan fingerprint density at radius 1 is 0.969 bits per heavy atom. The molecule has 4 rings (SSSR count). The van der Waals surface area contributed by atoms with Crippen LogP contribution in [-0.4, -0.2) is 41.7 Å². The Balaban J connectivity index is 1.39. The Bertz CT molecular complexity index is 916. The van der Waals surface area contributed by atoms with Gasteiger partial charge in [0.1, 0.15) is 5.75 Å². The van der Waals surface area contributed by atoms with Crippen LogP contribution in [0, 0.1) is 17.3 Å². The minimum atomic E-state index is -0.641. The number of piperidine rings is 1. The quantitative estimate of drug-likeness (QED) is 0.588. The average Bonchev–Trinajstić information content (AvgIpc) is 2.78. The summed E-state index contributed by atoms with van der Waals surface area (Å²) in [6.07, 6.45) is 7.62. The predicted molar refractivity (Wildman–Crippen MR) is 130 cm³/mol. The van der Waals surface area contributed by atoms with Crippen molar-refractivity contribution in [2.24, 2.45) is 17.3 Å². The van der Waals surface area contributed by atoms with Gasteiger partial charge in [0.05, 0.1) is 12.0 Å². The van der Waals surface area contributed by atoms with Crippen molar-refractivity contribution in [1.82, 2.24) is 4.90 Å². The first-order valence-corrected chi connectivity index (χ1v) is 12.4. The third-order valence-electron chi connectivity index (χ3n) is 7.80. The van der Waals surface area contributed by atoms with Crippen molar-refractivity contribution in [3.05, 3.63) is 42.0 Å². The fourth-order valence-corrected chi connectivity index (χ4v) is 5.58. The topological polar surface area (TPSA) is 49.8 Å². The first-order chi connectivity index (χ1) is 15.3. The Kier molecular flexibility index (Phi) is 7.09. The molecule has 174 valence electrons. The summed E-state index contributed by atoms with van der Waals surface area (Å²) in [5, 5.41) is 11.7. The Morgan fingerprint density at radius 3 is 2.28 bits per heavy atom. The third kappa shape index (κ3) is 5.46. The van der Waals surface area contributed by atoms with Crippen LogP contribution in [-0.2, 0) is 11.2 Å². The smallest absolute Gasteiger partial charge is 0.306 e. The lowest BCUT2D eigenvalue weighted by Crippen LogP contribution is -2.37. The van der Waals surface area contributed by atoms with Gasteiger partial charge in [-0.15, -0.1) is 0 Å². The first-order valence-electron chi connectivity index (χ1n) is 12.4. The first kappa shape index (κ1) is 23.1. The predicted octanol–water partition coefficient (Wildman–Crippen LogP) is 6.16. The molecule has 0 atom stereocenters. The summed E-state index contributed by atoms with van der Waals surface area (Å²) in [6.45, 7) is 9.83. The van der Waals surface area contributed by atoms with Crippen LogP contribution in [0.25, 0.3) is 10.8 Å². The summed E-state index contributed by atoms with van der Waals surface area (Å²) in [6, 6.07) is 13.0. The molecule has 1 aliphatic carbocycles. The van der Waals surface area contributed by atoms with Crippen LogP contribution in [0.4, 0.5) is 0 Å². The molecule has 0 unspecified atom stereocenters. The summed E-state index contributed by atoms with van der Waals surface area (Å²) in [5.74, 6) is 1.01. The molecule has 0 aromatic heterocycles. The molecule has 0 radical (unpaired) electrons. The van der Waals surface area contributed by atoms with E-state index in [4.69, 9.17) is 4.74 Å². The average molecular weight is 438 g/mol. The third-order valence-corrected chi connectivity index (χ3v) is 7.80. The van der Waals surface area contributed by atoms with Crippen LogP contribution in [0.3, 0.4) is 0 Å². The lowest BCUT2D eigenvalue weighted by atomic mass is 9.72. The van der Waals surface area contributed by atoms with Crippen molar-refractivity contribution in [3.63, 3.8) is 0 Å². The molecule has 4 heteroatoms. The summed E-state index contributed by atoms with van der Waals surface area (Å²) in [7, 11) is 0. The number of fused-ring (bicyclic) bond motifs is 1.